The Hall–Kier alpha value is -2.90. The number of hydrogen-bond donors (Lipinski definition) is 1. The molecule has 1 aliphatic rings. The molecule has 0 saturated carbocycles. The second-order valence-corrected chi connectivity index (χ2v) is 5.69. The van der Waals surface area contributed by atoms with Gasteiger partial charge in [-0.25, -0.2) is 0 Å². The minimum atomic E-state index is -1.06. The number of hydrogen-bond acceptors (Lipinski definition) is 6. The van der Waals surface area contributed by atoms with E-state index in [-0.39, 0.29) is 17.3 Å². The van der Waals surface area contributed by atoms with E-state index >= 15 is 0 Å². The van der Waals surface area contributed by atoms with Gasteiger partial charge in [-0.15, -0.1) is 0 Å². The molecule has 2 rings (SSSR count). The maximum atomic E-state index is 12.2. The Morgan fingerprint density at radius 1 is 1.36 bits per heavy atom. The van der Waals surface area contributed by atoms with Gasteiger partial charge in [-0.3, -0.25) is 19.7 Å². The van der Waals surface area contributed by atoms with E-state index in [0.717, 1.165) is 6.42 Å². The average molecular weight is 348 g/mol. The van der Waals surface area contributed by atoms with Crippen LogP contribution in [0.3, 0.4) is 0 Å². The topological polar surface area (TPSA) is 108 Å². The number of rotatable bonds is 6. The average Bonchev–Trinajstić information content (AvgIpc) is 2.62. The summed E-state index contributed by atoms with van der Waals surface area (Å²) in [5.41, 5.74) is -0.289. The summed E-state index contributed by atoms with van der Waals surface area (Å²) in [5, 5.41) is 13.6. The number of nitro benzene ring substituents is 1. The van der Waals surface area contributed by atoms with Crippen LogP contribution in [0.15, 0.2) is 30.4 Å². The molecular formula is C17H20N2O6. The van der Waals surface area contributed by atoms with Crippen molar-refractivity contribution in [2.45, 2.75) is 32.3 Å². The molecule has 0 fully saturated rings. The van der Waals surface area contributed by atoms with E-state index in [0.29, 0.717) is 18.6 Å². The minimum Gasteiger partial charge on any atom is -0.496 e. The Labute approximate surface area is 145 Å². The van der Waals surface area contributed by atoms with E-state index in [9.17, 15) is 19.7 Å². The molecule has 0 aromatic heterocycles. The van der Waals surface area contributed by atoms with E-state index in [1.54, 1.807) is 0 Å². The zero-order valence-electron chi connectivity index (χ0n) is 14.1. The highest BCUT2D eigenvalue weighted by Crippen LogP contribution is 2.29. The van der Waals surface area contributed by atoms with Gasteiger partial charge in [0.15, 0.2) is 6.10 Å². The van der Waals surface area contributed by atoms with Gasteiger partial charge in [-0.1, -0.05) is 12.2 Å². The van der Waals surface area contributed by atoms with Crippen LogP contribution in [0.25, 0.3) is 0 Å². The summed E-state index contributed by atoms with van der Waals surface area (Å²) in [7, 11) is 1.39. The van der Waals surface area contributed by atoms with E-state index in [1.807, 2.05) is 12.2 Å². The monoisotopic (exact) mass is 348 g/mol. The van der Waals surface area contributed by atoms with Crippen molar-refractivity contribution >= 4 is 23.3 Å². The van der Waals surface area contributed by atoms with Crippen LogP contribution in [0, 0.1) is 16.0 Å². The fourth-order valence-corrected chi connectivity index (χ4v) is 2.46. The molecule has 2 atom stereocenters. The lowest BCUT2D eigenvalue weighted by Gasteiger charge is -2.19. The third-order valence-corrected chi connectivity index (χ3v) is 3.92. The Morgan fingerprint density at radius 3 is 2.72 bits per heavy atom. The van der Waals surface area contributed by atoms with Crippen molar-refractivity contribution < 1.29 is 24.0 Å². The third-order valence-electron chi connectivity index (χ3n) is 3.92. The van der Waals surface area contributed by atoms with Gasteiger partial charge in [0, 0.05) is 0 Å². The number of esters is 1. The normalized spacial score (nSPS) is 17.4. The Kier molecular flexibility index (Phi) is 6.10. The molecule has 1 aromatic carbocycles. The second-order valence-electron chi connectivity index (χ2n) is 5.69. The zero-order chi connectivity index (χ0) is 18.4. The van der Waals surface area contributed by atoms with Gasteiger partial charge in [-0.2, -0.15) is 0 Å². The lowest BCUT2D eigenvalue weighted by Crippen LogP contribution is -2.32. The maximum Gasteiger partial charge on any atom is 0.310 e. The Morgan fingerprint density at radius 2 is 2.12 bits per heavy atom. The van der Waals surface area contributed by atoms with Crippen LogP contribution >= 0.6 is 0 Å². The number of carbonyl (C=O) groups is 2. The first-order valence-corrected chi connectivity index (χ1v) is 7.91. The lowest BCUT2D eigenvalue weighted by molar-refractivity contribution is -0.384. The van der Waals surface area contributed by atoms with Gasteiger partial charge in [-0.05, 0) is 38.3 Å². The van der Waals surface area contributed by atoms with E-state index < -0.39 is 22.9 Å². The number of nitrogens with one attached hydrogen (secondary N) is 1. The molecule has 0 aliphatic heterocycles. The molecule has 0 spiro atoms. The molecule has 1 aliphatic carbocycles. The smallest absolute Gasteiger partial charge is 0.310 e. The molecule has 1 N–H and O–H groups in total. The number of nitrogens with zero attached hydrogens (tertiary/aromatic N) is 1. The van der Waals surface area contributed by atoms with Crippen LogP contribution in [0.1, 0.15) is 26.2 Å². The van der Waals surface area contributed by atoms with Crippen molar-refractivity contribution in [3.63, 3.8) is 0 Å². The van der Waals surface area contributed by atoms with Crippen LogP contribution in [0.4, 0.5) is 11.4 Å². The van der Waals surface area contributed by atoms with Gasteiger partial charge in [0.2, 0.25) is 0 Å². The summed E-state index contributed by atoms with van der Waals surface area (Å²) in [6.07, 6.45) is 4.95. The summed E-state index contributed by atoms with van der Waals surface area (Å²) in [5.74, 6) is -1.02. The number of anilines is 1. The van der Waals surface area contributed by atoms with Crippen LogP contribution in [0.5, 0.6) is 5.75 Å². The lowest BCUT2D eigenvalue weighted by atomic mass is 9.95. The van der Waals surface area contributed by atoms with Crippen molar-refractivity contribution in [3.8, 4) is 5.75 Å². The van der Waals surface area contributed by atoms with Gasteiger partial charge in [0.25, 0.3) is 11.6 Å². The summed E-state index contributed by atoms with van der Waals surface area (Å²) in [6.45, 7) is 1.43. The number of allylic oxidation sites excluding steroid dienone is 2. The molecule has 8 heteroatoms. The van der Waals surface area contributed by atoms with Crippen molar-refractivity contribution in [2.75, 3.05) is 12.4 Å². The SMILES string of the molecule is COc1ccc(NC(=O)[C@@H](C)OC(=O)[C@@H]2CC=CCC2)c([N+](=O)[O-])c1. The number of amides is 1. The summed E-state index contributed by atoms with van der Waals surface area (Å²) >= 11 is 0. The largest absolute Gasteiger partial charge is 0.496 e. The number of benzene rings is 1. The fourth-order valence-electron chi connectivity index (χ4n) is 2.46. The Balaban J connectivity index is 2.02. The van der Waals surface area contributed by atoms with E-state index in [1.165, 1.54) is 32.2 Å². The van der Waals surface area contributed by atoms with Crippen LogP contribution in [0.2, 0.25) is 0 Å². The van der Waals surface area contributed by atoms with Crippen molar-refractivity contribution in [1.29, 1.82) is 0 Å². The molecule has 1 aromatic rings. The van der Waals surface area contributed by atoms with Gasteiger partial charge >= 0.3 is 5.97 Å². The molecule has 1 amide bonds. The summed E-state index contributed by atoms with van der Waals surface area (Å²) in [4.78, 5) is 34.8. The predicted molar refractivity (Wildman–Crippen MR) is 90.3 cm³/mol. The molecule has 0 unspecified atom stereocenters. The number of ether oxygens (including phenoxy) is 2. The zero-order valence-corrected chi connectivity index (χ0v) is 14.1. The Bertz CT molecular complexity index is 700. The quantitative estimate of drug-likeness (QED) is 0.366. The van der Waals surface area contributed by atoms with Gasteiger partial charge in [0.05, 0.1) is 24.0 Å². The minimum absolute atomic E-state index is 0.0132. The van der Waals surface area contributed by atoms with Crippen molar-refractivity contribution in [2.24, 2.45) is 5.92 Å². The highest BCUT2D eigenvalue weighted by Gasteiger charge is 2.26. The maximum absolute atomic E-state index is 12.2. The molecule has 0 bridgehead atoms. The molecule has 0 saturated heterocycles. The van der Waals surface area contributed by atoms with Gasteiger partial charge < -0.3 is 14.8 Å². The first kappa shape index (κ1) is 18.4. The predicted octanol–water partition coefficient (Wildman–Crippen LogP) is 2.83. The third kappa shape index (κ3) is 4.79. The first-order valence-electron chi connectivity index (χ1n) is 7.91. The van der Waals surface area contributed by atoms with E-state index in [4.69, 9.17) is 9.47 Å². The standard InChI is InChI=1S/C17H20N2O6/c1-11(25-17(21)12-6-4-3-5-7-12)16(20)18-14-9-8-13(24-2)10-15(14)19(22)23/h3-4,8-12H,5-7H2,1-2H3,(H,18,20)/t11-,12-/m1/s1. The van der Waals surface area contributed by atoms with Crippen molar-refractivity contribution in [3.05, 3.63) is 40.5 Å². The number of carbonyl (C=O) groups excluding carboxylic acids is 2. The summed E-state index contributed by atoms with van der Waals surface area (Å²) < 4.78 is 10.1. The second kappa shape index (κ2) is 8.27. The molecular weight excluding hydrogens is 328 g/mol. The highest BCUT2D eigenvalue weighted by atomic mass is 16.6. The fraction of sp³-hybridized carbons (Fsp3) is 0.412. The number of nitro groups is 1. The number of methoxy groups -OCH3 is 1. The van der Waals surface area contributed by atoms with Crippen molar-refractivity contribution in [1.82, 2.24) is 0 Å². The molecule has 8 nitrogen and oxygen atoms in total. The van der Waals surface area contributed by atoms with Crippen LogP contribution < -0.4 is 10.1 Å². The molecule has 134 valence electrons. The molecule has 0 radical (unpaired) electrons. The first-order chi connectivity index (χ1) is 11.9. The van der Waals surface area contributed by atoms with E-state index in [2.05, 4.69) is 5.32 Å². The van der Waals surface area contributed by atoms with Crippen LogP contribution in [-0.2, 0) is 14.3 Å². The molecule has 25 heavy (non-hydrogen) atoms. The molecule has 0 heterocycles. The summed E-state index contributed by atoms with van der Waals surface area (Å²) in [6, 6.07) is 4.07. The van der Waals surface area contributed by atoms with Crippen LogP contribution in [-0.4, -0.2) is 30.0 Å². The highest BCUT2D eigenvalue weighted by molar-refractivity contribution is 5.97. The van der Waals surface area contributed by atoms with Gasteiger partial charge in [0.1, 0.15) is 11.4 Å².